The third-order valence-corrected chi connectivity index (χ3v) is 6.47. The van der Waals surface area contributed by atoms with Gasteiger partial charge < -0.3 is 15.4 Å². The lowest BCUT2D eigenvalue weighted by atomic mass is 10.1. The third kappa shape index (κ3) is 4.13. The number of hydrogen-bond acceptors (Lipinski definition) is 5. The molecule has 33 heavy (non-hydrogen) atoms. The second kappa shape index (κ2) is 8.78. The van der Waals surface area contributed by atoms with Crippen LogP contribution in [0.3, 0.4) is 0 Å². The van der Waals surface area contributed by atoms with Crippen molar-refractivity contribution in [2.24, 2.45) is 0 Å². The average Bonchev–Trinajstić information content (AvgIpc) is 3.59. The lowest BCUT2D eigenvalue weighted by molar-refractivity contribution is 0.0911. The number of fused-ring (bicyclic) bond motifs is 1. The number of rotatable bonds is 6. The van der Waals surface area contributed by atoms with Crippen molar-refractivity contribution in [3.63, 3.8) is 0 Å². The van der Waals surface area contributed by atoms with E-state index in [9.17, 15) is 14.3 Å². The molecule has 0 aliphatic rings. The maximum Gasteiger partial charge on any atom is 0.268 e. The van der Waals surface area contributed by atoms with Crippen LogP contribution >= 0.6 is 22.9 Å². The van der Waals surface area contributed by atoms with Gasteiger partial charge in [0.2, 0.25) is 0 Å². The monoisotopic (exact) mass is 481 g/mol. The number of hydrogen-bond donors (Lipinski definition) is 4. The summed E-state index contributed by atoms with van der Waals surface area (Å²) in [5, 5.41) is 22.5. The number of aromatic nitrogens is 4. The normalized spacial score (nSPS) is 12.2. The van der Waals surface area contributed by atoms with Crippen molar-refractivity contribution < 1.29 is 14.3 Å². The molecule has 0 saturated carbocycles. The summed E-state index contributed by atoms with van der Waals surface area (Å²) in [5.41, 5.74) is 3.81. The van der Waals surface area contributed by atoms with Crippen LogP contribution in [0.1, 0.15) is 22.1 Å². The first-order valence-corrected chi connectivity index (χ1v) is 11.2. The molecule has 4 heterocycles. The number of carbonyl (C=O) groups excluding carboxylic acids is 1. The van der Waals surface area contributed by atoms with E-state index in [-0.39, 0.29) is 11.6 Å². The lowest BCUT2D eigenvalue weighted by Crippen LogP contribution is -2.31. The van der Waals surface area contributed by atoms with E-state index in [4.69, 9.17) is 11.6 Å². The van der Waals surface area contributed by atoms with Gasteiger partial charge in [0.25, 0.3) is 5.91 Å². The second-order valence-electron chi connectivity index (χ2n) is 7.36. The Bertz CT molecular complexity index is 1450. The summed E-state index contributed by atoms with van der Waals surface area (Å²) in [6.45, 7) is -0.371. The second-order valence-corrected chi connectivity index (χ2v) is 8.71. The average molecular weight is 482 g/mol. The van der Waals surface area contributed by atoms with E-state index in [1.807, 2.05) is 23.6 Å². The Hall–Kier alpha value is -3.53. The Morgan fingerprint density at radius 3 is 2.88 bits per heavy atom. The van der Waals surface area contributed by atoms with Crippen LogP contribution in [0.25, 0.3) is 32.7 Å². The maximum atomic E-state index is 13.4. The smallest absolute Gasteiger partial charge is 0.268 e. The van der Waals surface area contributed by atoms with Crippen molar-refractivity contribution in [3.8, 4) is 21.7 Å². The number of amides is 1. The molecule has 166 valence electrons. The number of nitrogens with one attached hydrogen (secondary N) is 3. The maximum absolute atomic E-state index is 13.4. The highest BCUT2D eigenvalue weighted by atomic mass is 35.5. The molecule has 1 amide bonds. The molecule has 0 spiro atoms. The van der Waals surface area contributed by atoms with Crippen molar-refractivity contribution in [3.05, 3.63) is 82.3 Å². The molecule has 0 fully saturated rings. The van der Waals surface area contributed by atoms with Crippen molar-refractivity contribution >= 4 is 39.9 Å². The Balaban J connectivity index is 1.40. The van der Waals surface area contributed by atoms with Crippen LogP contribution in [0.2, 0.25) is 5.02 Å². The standard InChI is InChI=1S/C23H17ClFN5O2S/c24-16-7-12(3-4-17(16)25)19(11-31)28-23(32)18-8-14(10-26-18)21-15-6-13(20-2-1-5-33-20)9-27-22(15)30-29-21/h1-10,19,26,31H,11H2,(H,28,32)(H,27,29,30). The first-order chi connectivity index (χ1) is 16.0. The number of thiophene rings is 1. The quantitative estimate of drug-likeness (QED) is 0.275. The molecule has 1 unspecified atom stereocenters. The minimum atomic E-state index is -0.743. The van der Waals surface area contributed by atoms with Crippen molar-refractivity contribution in [1.82, 2.24) is 25.5 Å². The molecule has 4 aromatic heterocycles. The first-order valence-electron chi connectivity index (χ1n) is 9.97. The van der Waals surface area contributed by atoms with Crippen LogP contribution in [-0.4, -0.2) is 37.8 Å². The van der Waals surface area contributed by atoms with E-state index in [2.05, 4.69) is 25.5 Å². The van der Waals surface area contributed by atoms with Gasteiger partial charge in [-0.25, -0.2) is 9.37 Å². The van der Waals surface area contributed by atoms with Gasteiger partial charge in [-0.2, -0.15) is 5.10 Å². The Labute approximate surface area is 196 Å². The summed E-state index contributed by atoms with van der Waals surface area (Å²) in [5.74, 6) is -0.997. The molecule has 5 aromatic rings. The molecule has 0 aliphatic heterocycles. The molecule has 1 atom stereocenters. The van der Waals surface area contributed by atoms with Gasteiger partial charge >= 0.3 is 0 Å². The Kier molecular flexibility index (Phi) is 5.67. The number of H-pyrrole nitrogens is 2. The van der Waals surface area contributed by atoms with Crippen LogP contribution in [0, 0.1) is 5.82 Å². The number of aromatic amines is 2. The Morgan fingerprint density at radius 1 is 1.24 bits per heavy atom. The van der Waals surface area contributed by atoms with Gasteiger partial charge in [-0.1, -0.05) is 23.7 Å². The zero-order chi connectivity index (χ0) is 22.9. The van der Waals surface area contributed by atoms with Gasteiger partial charge in [0.15, 0.2) is 5.65 Å². The first kappa shape index (κ1) is 21.3. The van der Waals surface area contributed by atoms with E-state index in [1.54, 1.807) is 29.8 Å². The van der Waals surface area contributed by atoms with E-state index in [1.165, 1.54) is 18.2 Å². The number of aliphatic hydroxyl groups is 1. The van der Waals surface area contributed by atoms with Crippen LogP contribution in [0.5, 0.6) is 0 Å². The fourth-order valence-corrected chi connectivity index (χ4v) is 4.46. The summed E-state index contributed by atoms with van der Waals surface area (Å²) in [6.07, 6.45) is 3.48. The van der Waals surface area contributed by atoms with Gasteiger partial charge in [-0.3, -0.25) is 9.89 Å². The number of nitrogens with zero attached hydrogens (tertiary/aromatic N) is 2. The molecule has 0 bridgehead atoms. The van der Waals surface area contributed by atoms with Crippen LogP contribution in [0.15, 0.2) is 60.2 Å². The van der Waals surface area contributed by atoms with Gasteiger partial charge in [-0.15, -0.1) is 11.3 Å². The molecule has 0 radical (unpaired) electrons. The van der Waals surface area contributed by atoms with Crippen molar-refractivity contribution in [2.75, 3.05) is 6.61 Å². The molecule has 0 saturated heterocycles. The molecule has 10 heteroatoms. The summed E-state index contributed by atoms with van der Waals surface area (Å²) < 4.78 is 13.4. The predicted molar refractivity (Wildman–Crippen MR) is 126 cm³/mol. The largest absolute Gasteiger partial charge is 0.394 e. The van der Waals surface area contributed by atoms with Crippen LogP contribution in [0.4, 0.5) is 4.39 Å². The van der Waals surface area contributed by atoms with Gasteiger partial charge in [0.05, 0.1) is 23.4 Å². The van der Waals surface area contributed by atoms with Gasteiger partial charge in [0.1, 0.15) is 11.5 Å². The SMILES string of the molecule is O=C(NC(CO)c1ccc(F)c(Cl)c1)c1cc(-c2[nH]nc3ncc(-c4cccs4)cc23)c[nH]1. The van der Waals surface area contributed by atoms with Crippen LogP contribution < -0.4 is 5.32 Å². The highest BCUT2D eigenvalue weighted by molar-refractivity contribution is 7.13. The summed E-state index contributed by atoms with van der Waals surface area (Å²) in [7, 11) is 0. The molecular formula is C23H17ClFN5O2S. The van der Waals surface area contributed by atoms with Gasteiger partial charge in [-0.05, 0) is 41.3 Å². The fraction of sp³-hybridized carbons (Fsp3) is 0.0870. The molecular weight excluding hydrogens is 465 g/mol. The van der Waals surface area contributed by atoms with Crippen molar-refractivity contribution in [2.45, 2.75) is 6.04 Å². The number of pyridine rings is 1. The summed E-state index contributed by atoms with van der Waals surface area (Å²) >= 11 is 7.46. The topological polar surface area (TPSA) is 107 Å². The fourth-order valence-electron chi connectivity index (χ4n) is 3.57. The van der Waals surface area contributed by atoms with Crippen LogP contribution in [-0.2, 0) is 0 Å². The number of benzene rings is 1. The highest BCUT2D eigenvalue weighted by Crippen LogP contribution is 2.31. The molecule has 7 nitrogen and oxygen atoms in total. The molecule has 0 aliphatic carbocycles. The summed E-state index contributed by atoms with van der Waals surface area (Å²) in [4.78, 5) is 21.3. The van der Waals surface area contributed by atoms with Crippen molar-refractivity contribution in [1.29, 1.82) is 0 Å². The highest BCUT2D eigenvalue weighted by Gasteiger charge is 2.19. The Morgan fingerprint density at radius 2 is 2.12 bits per heavy atom. The molecule has 1 aromatic carbocycles. The zero-order valence-electron chi connectivity index (χ0n) is 17.0. The van der Waals surface area contributed by atoms with Gasteiger partial charge in [0, 0.05) is 33.8 Å². The van der Waals surface area contributed by atoms with E-state index in [0.717, 1.165) is 27.1 Å². The number of aliphatic hydroxyl groups excluding tert-OH is 1. The van der Waals surface area contributed by atoms with E-state index >= 15 is 0 Å². The molecule has 4 N–H and O–H groups in total. The minimum Gasteiger partial charge on any atom is -0.394 e. The molecule has 5 rings (SSSR count). The number of carbonyl (C=O) groups is 1. The lowest BCUT2D eigenvalue weighted by Gasteiger charge is -2.16. The predicted octanol–water partition coefficient (Wildman–Crippen LogP) is 4.94. The minimum absolute atomic E-state index is 0.0796. The summed E-state index contributed by atoms with van der Waals surface area (Å²) in [6, 6.07) is 11.0. The number of halogens is 2. The van der Waals surface area contributed by atoms with E-state index in [0.29, 0.717) is 16.9 Å². The van der Waals surface area contributed by atoms with E-state index < -0.39 is 17.8 Å². The third-order valence-electron chi connectivity index (χ3n) is 5.27. The zero-order valence-corrected chi connectivity index (χ0v) is 18.5.